The molecule has 1 heterocycles. The van der Waals surface area contributed by atoms with Crippen LogP contribution in [-0.4, -0.2) is 26.2 Å². The Morgan fingerprint density at radius 3 is 2.57 bits per heavy atom. The zero-order valence-electron chi connectivity index (χ0n) is 13.5. The van der Waals surface area contributed by atoms with Gasteiger partial charge in [0.25, 0.3) is 0 Å². The summed E-state index contributed by atoms with van der Waals surface area (Å²) in [7, 11) is 0. The lowest BCUT2D eigenvalue weighted by molar-refractivity contribution is 0.599. The Kier molecular flexibility index (Phi) is 6.87. The summed E-state index contributed by atoms with van der Waals surface area (Å²) in [6.45, 7) is 6.83. The highest BCUT2D eigenvalue weighted by Crippen LogP contribution is 2.27. The minimum Gasteiger partial charge on any atom is -0.397 e. The van der Waals surface area contributed by atoms with E-state index in [2.05, 4.69) is 35.3 Å². The lowest BCUT2D eigenvalue weighted by atomic mass is 10.1. The van der Waals surface area contributed by atoms with Crippen LogP contribution < -0.4 is 16.0 Å². The summed E-state index contributed by atoms with van der Waals surface area (Å²) in [5.74, 6) is 0. The first-order valence-corrected chi connectivity index (χ1v) is 8.65. The van der Waals surface area contributed by atoms with E-state index in [4.69, 9.17) is 5.73 Å². The maximum Gasteiger partial charge on any atom is 0.0600 e. The first kappa shape index (κ1) is 16.2. The number of nitrogens with two attached hydrogens (primary N) is 1. The number of hydrogen-bond acceptors (Lipinski definition) is 3. The lowest BCUT2D eigenvalue weighted by Crippen LogP contribution is -2.19. The van der Waals surface area contributed by atoms with Gasteiger partial charge in [0.1, 0.15) is 0 Å². The van der Waals surface area contributed by atoms with Gasteiger partial charge in [-0.05, 0) is 62.9 Å². The molecule has 0 aliphatic carbocycles. The SMILES string of the molecule is CCCCCNCCCc1ccc(N2CCCC2)c(N)c1. The molecule has 21 heavy (non-hydrogen) atoms. The van der Waals surface area contributed by atoms with Gasteiger partial charge in [0.15, 0.2) is 0 Å². The van der Waals surface area contributed by atoms with Gasteiger partial charge in [0.05, 0.1) is 11.4 Å². The van der Waals surface area contributed by atoms with Crippen LogP contribution in [-0.2, 0) is 6.42 Å². The highest BCUT2D eigenvalue weighted by Gasteiger charge is 2.14. The molecular formula is C18H31N3. The molecule has 0 amide bonds. The fraction of sp³-hybridized carbons (Fsp3) is 0.667. The van der Waals surface area contributed by atoms with Crippen molar-refractivity contribution >= 4 is 11.4 Å². The molecule has 0 bridgehead atoms. The molecule has 1 saturated heterocycles. The third kappa shape index (κ3) is 5.24. The van der Waals surface area contributed by atoms with Crippen LogP contribution in [0.15, 0.2) is 18.2 Å². The molecule has 118 valence electrons. The number of nitrogens with one attached hydrogen (secondary N) is 1. The van der Waals surface area contributed by atoms with E-state index in [0.717, 1.165) is 38.3 Å². The largest absolute Gasteiger partial charge is 0.397 e. The molecular weight excluding hydrogens is 258 g/mol. The third-order valence-electron chi connectivity index (χ3n) is 4.31. The van der Waals surface area contributed by atoms with Crippen LogP contribution in [0.3, 0.4) is 0 Å². The van der Waals surface area contributed by atoms with Crippen molar-refractivity contribution < 1.29 is 0 Å². The summed E-state index contributed by atoms with van der Waals surface area (Å²) < 4.78 is 0. The molecule has 0 saturated carbocycles. The predicted octanol–water partition coefficient (Wildman–Crippen LogP) is 3.58. The van der Waals surface area contributed by atoms with Gasteiger partial charge in [-0.3, -0.25) is 0 Å². The Bertz CT molecular complexity index is 411. The maximum absolute atomic E-state index is 6.23. The highest BCUT2D eigenvalue weighted by atomic mass is 15.1. The number of anilines is 2. The van der Waals surface area contributed by atoms with Crippen molar-refractivity contribution in [3.8, 4) is 0 Å². The molecule has 0 atom stereocenters. The second-order valence-electron chi connectivity index (χ2n) is 6.15. The molecule has 3 nitrogen and oxygen atoms in total. The number of unbranched alkanes of at least 4 members (excludes halogenated alkanes) is 2. The molecule has 3 heteroatoms. The van der Waals surface area contributed by atoms with Crippen LogP contribution >= 0.6 is 0 Å². The van der Waals surface area contributed by atoms with E-state index < -0.39 is 0 Å². The van der Waals surface area contributed by atoms with Gasteiger partial charge < -0.3 is 16.0 Å². The number of rotatable bonds is 9. The van der Waals surface area contributed by atoms with Gasteiger partial charge in [-0.2, -0.15) is 0 Å². The molecule has 2 rings (SSSR count). The van der Waals surface area contributed by atoms with Crippen LogP contribution in [0, 0.1) is 0 Å². The van der Waals surface area contributed by atoms with Crippen molar-refractivity contribution in [2.45, 2.75) is 51.9 Å². The number of nitrogens with zero attached hydrogens (tertiary/aromatic N) is 1. The molecule has 1 aromatic rings. The van der Waals surface area contributed by atoms with Crippen molar-refractivity contribution in [2.75, 3.05) is 36.8 Å². The quantitative estimate of drug-likeness (QED) is 0.539. The average Bonchev–Trinajstić information content (AvgIpc) is 3.00. The normalized spacial score (nSPS) is 14.8. The molecule has 1 aromatic carbocycles. The monoisotopic (exact) mass is 289 g/mol. The molecule has 1 aliphatic heterocycles. The molecule has 1 fully saturated rings. The molecule has 0 unspecified atom stereocenters. The van der Waals surface area contributed by atoms with Crippen LogP contribution in [0.1, 0.15) is 51.0 Å². The Balaban J connectivity index is 1.70. The molecule has 1 aliphatic rings. The molecule has 3 N–H and O–H groups in total. The number of aryl methyl sites for hydroxylation is 1. The Hall–Kier alpha value is -1.22. The number of hydrogen-bond donors (Lipinski definition) is 2. The van der Waals surface area contributed by atoms with Crippen molar-refractivity contribution in [1.29, 1.82) is 0 Å². The molecule has 0 spiro atoms. The van der Waals surface area contributed by atoms with E-state index in [1.165, 1.54) is 49.8 Å². The highest BCUT2D eigenvalue weighted by molar-refractivity contribution is 5.68. The zero-order chi connectivity index (χ0) is 14.9. The molecule has 0 aromatic heterocycles. The zero-order valence-corrected chi connectivity index (χ0v) is 13.5. The first-order valence-electron chi connectivity index (χ1n) is 8.65. The topological polar surface area (TPSA) is 41.3 Å². The van der Waals surface area contributed by atoms with Crippen molar-refractivity contribution in [3.05, 3.63) is 23.8 Å². The van der Waals surface area contributed by atoms with Gasteiger partial charge in [0.2, 0.25) is 0 Å². The number of benzene rings is 1. The predicted molar refractivity (Wildman–Crippen MR) is 93.0 cm³/mol. The van der Waals surface area contributed by atoms with Crippen molar-refractivity contribution in [3.63, 3.8) is 0 Å². The van der Waals surface area contributed by atoms with Crippen LogP contribution in [0.25, 0.3) is 0 Å². The Morgan fingerprint density at radius 1 is 1.10 bits per heavy atom. The Labute approximate surface area is 129 Å². The Morgan fingerprint density at radius 2 is 1.86 bits per heavy atom. The van der Waals surface area contributed by atoms with Gasteiger partial charge >= 0.3 is 0 Å². The average molecular weight is 289 g/mol. The van der Waals surface area contributed by atoms with Crippen molar-refractivity contribution in [1.82, 2.24) is 5.32 Å². The smallest absolute Gasteiger partial charge is 0.0600 e. The van der Waals surface area contributed by atoms with E-state index >= 15 is 0 Å². The second-order valence-corrected chi connectivity index (χ2v) is 6.15. The summed E-state index contributed by atoms with van der Waals surface area (Å²) >= 11 is 0. The maximum atomic E-state index is 6.23. The summed E-state index contributed by atoms with van der Waals surface area (Å²) in [5.41, 5.74) is 9.78. The van der Waals surface area contributed by atoms with E-state index in [0.29, 0.717) is 0 Å². The summed E-state index contributed by atoms with van der Waals surface area (Å²) in [6.07, 6.45) is 8.83. The van der Waals surface area contributed by atoms with Gasteiger partial charge in [0, 0.05) is 13.1 Å². The van der Waals surface area contributed by atoms with Crippen LogP contribution in [0.5, 0.6) is 0 Å². The number of nitrogen functional groups attached to an aromatic ring is 1. The van der Waals surface area contributed by atoms with Gasteiger partial charge in [-0.25, -0.2) is 0 Å². The van der Waals surface area contributed by atoms with Crippen LogP contribution in [0.4, 0.5) is 11.4 Å². The minimum absolute atomic E-state index is 0.949. The molecule has 0 radical (unpaired) electrons. The lowest BCUT2D eigenvalue weighted by Gasteiger charge is -2.20. The fourth-order valence-corrected chi connectivity index (χ4v) is 3.05. The van der Waals surface area contributed by atoms with Gasteiger partial charge in [-0.15, -0.1) is 0 Å². The van der Waals surface area contributed by atoms with Crippen LogP contribution in [0.2, 0.25) is 0 Å². The first-order chi connectivity index (χ1) is 10.3. The van der Waals surface area contributed by atoms with E-state index in [1.54, 1.807) is 0 Å². The fourth-order valence-electron chi connectivity index (χ4n) is 3.05. The summed E-state index contributed by atoms with van der Waals surface area (Å²) in [6, 6.07) is 6.64. The van der Waals surface area contributed by atoms with E-state index in [9.17, 15) is 0 Å². The summed E-state index contributed by atoms with van der Waals surface area (Å²) in [5, 5.41) is 3.52. The van der Waals surface area contributed by atoms with Crippen molar-refractivity contribution in [2.24, 2.45) is 0 Å². The third-order valence-corrected chi connectivity index (χ3v) is 4.31. The van der Waals surface area contributed by atoms with E-state index in [-0.39, 0.29) is 0 Å². The summed E-state index contributed by atoms with van der Waals surface area (Å²) in [4.78, 5) is 2.41. The second kappa shape index (κ2) is 8.93. The van der Waals surface area contributed by atoms with Gasteiger partial charge in [-0.1, -0.05) is 25.8 Å². The van der Waals surface area contributed by atoms with E-state index in [1.807, 2.05) is 0 Å². The standard InChI is InChI=1S/C18H31N3/c1-2-3-4-11-20-12-7-8-16-9-10-18(17(19)15-16)21-13-5-6-14-21/h9-10,15,20H,2-8,11-14,19H2,1H3. The minimum atomic E-state index is 0.949.